The van der Waals surface area contributed by atoms with Crippen LogP contribution in [0.15, 0.2) is 24.3 Å². The lowest BCUT2D eigenvalue weighted by Crippen LogP contribution is -2.34. The summed E-state index contributed by atoms with van der Waals surface area (Å²) in [5, 5.41) is 0. The number of nitrogens with zero attached hydrogens (tertiary/aromatic N) is 1. The van der Waals surface area contributed by atoms with E-state index in [2.05, 4.69) is 36.2 Å². The van der Waals surface area contributed by atoms with Gasteiger partial charge in [0.15, 0.2) is 0 Å². The van der Waals surface area contributed by atoms with Crippen molar-refractivity contribution in [1.29, 1.82) is 0 Å². The van der Waals surface area contributed by atoms with Crippen LogP contribution in [0.2, 0.25) is 0 Å². The summed E-state index contributed by atoms with van der Waals surface area (Å²) in [5.74, 6) is 0.687. The Morgan fingerprint density at radius 1 is 1.22 bits per heavy atom. The molecule has 2 N–H and O–H groups in total. The first-order valence-electron chi connectivity index (χ1n) is 7.26. The Labute approximate surface area is 110 Å². The molecule has 0 bridgehead atoms. The van der Waals surface area contributed by atoms with E-state index in [-0.39, 0.29) is 5.54 Å². The summed E-state index contributed by atoms with van der Waals surface area (Å²) in [6.07, 6.45) is 6.17. The van der Waals surface area contributed by atoms with Crippen LogP contribution in [0.25, 0.3) is 0 Å². The highest BCUT2D eigenvalue weighted by Gasteiger charge is 2.35. The van der Waals surface area contributed by atoms with Crippen LogP contribution in [0, 0.1) is 0 Å². The van der Waals surface area contributed by atoms with Crippen molar-refractivity contribution in [1.82, 2.24) is 4.90 Å². The Bertz CT molecular complexity index is 421. The molecule has 1 unspecified atom stereocenters. The molecule has 2 nitrogen and oxygen atoms in total. The van der Waals surface area contributed by atoms with E-state index in [0.717, 1.165) is 12.8 Å². The van der Waals surface area contributed by atoms with Crippen molar-refractivity contribution in [3.63, 3.8) is 0 Å². The van der Waals surface area contributed by atoms with Gasteiger partial charge in [0.1, 0.15) is 0 Å². The molecule has 2 fully saturated rings. The number of nitrogens with two attached hydrogens (primary N) is 1. The first-order chi connectivity index (χ1) is 8.69. The number of likely N-dealkylation sites (tertiary alicyclic amines) is 1. The van der Waals surface area contributed by atoms with E-state index in [1.807, 2.05) is 0 Å². The number of likely N-dealkylation sites (N-methyl/N-ethyl adjacent to an activating group) is 1. The van der Waals surface area contributed by atoms with Crippen LogP contribution in [0.3, 0.4) is 0 Å². The molecule has 18 heavy (non-hydrogen) atoms. The summed E-state index contributed by atoms with van der Waals surface area (Å²) in [6, 6.07) is 8.92. The number of benzene rings is 1. The minimum atomic E-state index is -0.0439. The molecule has 1 aliphatic heterocycles. The maximum Gasteiger partial charge on any atom is 0.0412 e. The second kappa shape index (κ2) is 4.67. The lowest BCUT2D eigenvalue weighted by atomic mass is 9.81. The van der Waals surface area contributed by atoms with Crippen LogP contribution >= 0.6 is 0 Å². The molecule has 98 valence electrons. The van der Waals surface area contributed by atoms with Gasteiger partial charge >= 0.3 is 0 Å². The normalized spacial score (nSPS) is 27.8. The summed E-state index contributed by atoms with van der Waals surface area (Å²) >= 11 is 0. The monoisotopic (exact) mass is 244 g/mol. The molecule has 0 radical (unpaired) electrons. The van der Waals surface area contributed by atoms with Crippen LogP contribution in [-0.4, -0.2) is 25.0 Å². The molecule has 2 heteroatoms. The highest BCUT2D eigenvalue weighted by atomic mass is 15.1. The molecule has 0 spiro atoms. The highest BCUT2D eigenvalue weighted by molar-refractivity contribution is 5.37. The maximum absolute atomic E-state index is 6.67. The minimum Gasteiger partial charge on any atom is -0.321 e. The van der Waals surface area contributed by atoms with Crippen LogP contribution in [0.5, 0.6) is 0 Å². The smallest absolute Gasteiger partial charge is 0.0412 e. The van der Waals surface area contributed by atoms with Gasteiger partial charge in [-0.05, 0) is 49.9 Å². The molecule has 1 aromatic carbocycles. The fourth-order valence-electron chi connectivity index (χ4n) is 3.77. The van der Waals surface area contributed by atoms with E-state index in [0.29, 0.717) is 5.92 Å². The topological polar surface area (TPSA) is 29.3 Å². The average molecular weight is 244 g/mol. The molecule has 0 amide bonds. The fourth-order valence-corrected chi connectivity index (χ4v) is 3.77. The second-order valence-corrected chi connectivity index (χ2v) is 6.20. The Hall–Kier alpha value is -0.860. The van der Waals surface area contributed by atoms with Crippen molar-refractivity contribution in [2.24, 2.45) is 5.73 Å². The van der Waals surface area contributed by atoms with Gasteiger partial charge in [0.05, 0.1) is 0 Å². The zero-order valence-corrected chi connectivity index (χ0v) is 11.4. The van der Waals surface area contributed by atoms with Crippen molar-refractivity contribution in [3.8, 4) is 0 Å². The van der Waals surface area contributed by atoms with Gasteiger partial charge in [-0.15, -0.1) is 0 Å². The molecular formula is C16H24N2. The summed E-state index contributed by atoms with van der Waals surface area (Å²) in [5.41, 5.74) is 9.58. The molecule has 1 aromatic rings. The van der Waals surface area contributed by atoms with Crippen molar-refractivity contribution >= 4 is 0 Å². The molecule has 1 saturated carbocycles. The van der Waals surface area contributed by atoms with E-state index in [1.165, 1.54) is 43.5 Å². The highest BCUT2D eigenvalue weighted by Crippen LogP contribution is 2.41. The van der Waals surface area contributed by atoms with E-state index in [1.54, 1.807) is 0 Å². The number of hydrogen-bond donors (Lipinski definition) is 1. The van der Waals surface area contributed by atoms with Crippen molar-refractivity contribution in [2.75, 3.05) is 20.1 Å². The molecule has 2 aliphatic rings. The summed E-state index contributed by atoms with van der Waals surface area (Å²) in [4.78, 5) is 2.43. The van der Waals surface area contributed by atoms with Gasteiger partial charge in [-0.25, -0.2) is 0 Å². The van der Waals surface area contributed by atoms with Crippen molar-refractivity contribution < 1.29 is 0 Å². The van der Waals surface area contributed by atoms with Crippen molar-refractivity contribution in [3.05, 3.63) is 35.4 Å². The Morgan fingerprint density at radius 2 is 1.94 bits per heavy atom. The lowest BCUT2D eigenvalue weighted by Gasteiger charge is -2.29. The van der Waals surface area contributed by atoms with E-state index < -0.39 is 0 Å². The van der Waals surface area contributed by atoms with Crippen LogP contribution in [-0.2, 0) is 5.54 Å². The predicted octanol–water partition coefficient (Wildman–Crippen LogP) is 2.83. The Morgan fingerprint density at radius 3 is 2.61 bits per heavy atom. The van der Waals surface area contributed by atoms with Crippen LogP contribution in [0.1, 0.15) is 49.1 Å². The molecule has 0 aromatic heterocycles. The Balaban J connectivity index is 1.95. The first kappa shape index (κ1) is 12.2. The van der Waals surface area contributed by atoms with E-state index in [9.17, 15) is 0 Å². The van der Waals surface area contributed by atoms with E-state index >= 15 is 0 Å². The van der Waals surface area contributed by atoms with Crippen LogP contribution in [0.4, 0.5) is 0 Å². The van der Waals surface area contributed by atoms with Gasteiger partial charge in [-0.2, -0.15) is 0 Å². The average Bonchev–Trinajstić information content (AvgIpc) is 2.99. The zero-order valence-electron chi connectivity index (χ0n) is 11.4. The molecule has 1 atom stereocenters. The predicted molar refractivity (Wildman–Crippen MR) is 75.6 cm³/mol. The van der Waals surface area contributed by atoms with Gasteiger partial charge < -0.3 is 10.6 Å². The summed E-state index contributed by atoms with van der Waals surface area (Å²) in [6.45, 7) is 2.41. The maximum atomic E-state index is 6.67. The largest absolute Gasteiger partial charge is 0.321 e. The fraction of sp³-hybridized carbons (Fsp3) is 0.625. The number of rotatable bonds is 2. The third kappa shape index (κ3) is 2.08. The SMILES string of the molecule is CN1CCC(c2ccccc2C2(N)CCCC2)C1. The third-order valence-electron chi connectivity index (χ3n) is 4.82. The summed E-state index contributed by atoms with van der Waals surface area (Å²) < 4.78 is 0. The first-order valence-corrected chi connectivity index (χ1v) is 7.26. The standard InChI is InChI=1S/C16H24N2/c1-18-11-8-13(12-18)14-6-2-3-7-15(14)16(17)9-4-5-10-16/h2-3,6-7,13H,4-5,8-12,17H2,1H3. The van der Waals surface area contributed by atoms with E-state index in [4.69, 9.17) is 5.73 Å². The molecule has 3 rings (SSSR count). The third-order valence-corrected chi connectivity index (χ3v) is 4.82. The minimum absolute atomic E-state index is 0.0439. The number of hydrogen-bond acceptors (Lipinski definition) is 2. The van der Waals surface area contributed by atoms with Gasteiger partial charge in [0.25, 0.3) is 0 Å². The van der Waals surface area contributed by atoms with Gasteiger partial charge in [0, 0.05) is 12.1 Å². The Kier molecular flexibility index (Phi) is 3.16. The van der Waals surface area contributed by atoms with Gasteiger partial charge in [-0.1, -0.05) is 37.1 Å². The quantitative estimate of drug-likeness (QED) is 0.867. The zero-order chi connectivity index (χ0) is 12.6. The molecule has 1 heterocycles. The summed E-state index contributed by atoms with van der Waals surface area (Å²) in [7, 11) is 2.22. The van der Waals surface area contributed by atoms with Gasteiger partial charge in [-0.3, -0.25) is 0 Å². The molecular weight excluding hydrogens is 220 g/mol. The van der Waals surface area contributed by atoms with Gasteiger partial charge in [0.2, 0.25) is 0 Å². The van der Waals surface area contributed by atoms with Crippen LogP contribution < -0.4 is 5.73 Å². The second-order valence-electron chi connectivity index (χ2n) is 6.20. The van der Waals surface area contributed by atoms with Crippen molar-refractivity contribution in [2.45, 2.75) is 43.6 Å². The molecule has 1 saturated heterocycles. The lowest BCUT2D eigenvalue weighted by molar-refractivity contribution is 0.408. The molecule has 1 aliphatic carbocycles.